The SMILES string of the molecule is CCO[Si](CCCCCCCCN)(OCC)OCC. The van der Waals surface area contributed by atoms with Gasteiger partial charge in [-0.3, -0.25) is 0 Å². The molecule has 0 radical (unpaired) electrons. The number of unbranched alkanes of at least 4 members (excludes halogenated alkanes) is 5. The fourth-order valence-corrected chi connectivity index (χ4v) is 4.88. The van der Waals surface area contributed by atoms with Crippen molar-refractivity contribution in [1.29, 1.82) is 0 Å². The van der Waals surface area contributed by atoms with Crippen molar-refractivity contribution in [3.63, 3.8) is 0 Å². The summed E-state index contributed by atoms with van der Waals surface area (Å²) >= 11 is 0. The third-order valence-corrected chi connectivity index (χ3v) is 6.18. The van der Waals surface area contributed by atoms with Gasteiger partial charge in [0.1, 0.15) is 0 Å². The maximum atomic E-state index is 5.83. The van der Waals surface area contributed by atoms with E-state index in [0.717, 1.165) is 25.4 Å². The summed E-state index contributed by atoms with van der Waals surface area (Å²) in [6, 6.07) is 0.944. The first-order chi connectivity index (χ1) is 9.24. The summed E-state index contributed by atoms with van der Waals surface area (Å²) < 4.78 is 17.5. The summed E-state index contributed by atoms with van der Waals surface area (Å²) in [5, 5.41) is 0. The van der Waals surface area contributed by atoms with Gasteiger partial charge in [0, 0.05) is 25.9 Å². The van der Waals surface area contributed by atoms with Gasteiger partial charge in [-0.15, -0.1) is 0 Å². The van der Waals surface area contributed by atoms with E-state index in [4.69, 9.17) is 19.0 Å². The van der Waals surface area contributed by atoms with E-state index in [9.17, 15) is 0 Å². The van der Waals surface area contributed by atoms with Crippen LogP contribution in [-0.4, -0.2) is 35.2 Å². The fraction of sp³-hybridized carbons (Fsp3) is 1.00. The Labute approximate surface area is 120 Å². The van der Waals surface area contributed by atoms with E-state index in [0.29, 0.717) is 19.8 Å². The topological polar surface area (TPSA) is 53.7 Å². The highest BCUT2D eigenvalue weighted by atomic mass is 28.4. The summed E-state index contributed by atoms with van der Waals surface area (Å²) in [6.45, 7) is 8.84. The van der Waals surface area contributed by atoms with Gasteiger partial charge < -0.3 is 19.0 Å². The van der Waals surface area contributed by atoms with E-state index in [2.05, 4.69) is 0 Å². The van der Waals surface area contributed by atoms with Crippen LogP contribution in [0.1, 0.15) is 59.3 Å². The molecular formula is C14H33NO3Si. The van der Waals surface area contributed by atoms with Gasteiger partial charge in [-0.05, 0) is 40.2 Å². The average Bonchev–Trinajstić information content (AvgIpc) is 2.39. The Morgan fingerprint density at radius 1 is 0.684 bits per heavy atom. The molecule has 19 heavy (non-hydrogen) atoms. The molecule has 116 valence electrons. The third-order valence-electron chi connectivity index (χ3n) is 3.03. The summed E-state index contributed by atoms with van der Waals surface area (Å²) in [4.78, 5) is 0. The molecule has 5 heteroatoms. The minimum absolute atomic E-state index is 0.669. The Kier molecular flexibility index (Phi) is 13.1. The van der Waals surface area contributed by atoms with Gasteiger partial charge in [0.15, 0.2) is 0 Å². The summed E-state index contributed by atoms with van der Waals surface area (Å²) in [7, 11) is -2.39. The standard InChI is InChI=1S/C14H33NO3Si/c1-4-16-19(17-5-2,18-6-3)14-12-10-8-7-9-11-13-15/h4-15H2,1-3H3. The molecule has 2 N–H and O–H groups in total. The van der Waals surface area contributed by atoms with Crippen molar-refractivity contribution < 1.29 is 13.3 Å². The van der Waals surface area contributed by atoms with Crippen molar-refractivity contribution >= 4 is 8.80 Å². The predicted octanol–water partition coefficient (Wildman–Crippen LogP) is 3.33. The van der Waals surface area contributed by atoms with Crippen LogP contribution in [0.15, 0.2) is 0 Å². The van der Waals surface area contributed by atoms with E-state index in [-0.39, 0.29) is 0 Å². The van der Waals surface area contributed by atoms with Gasteiger partial charge in [0.05, 0.1) is 0 Å². The quantitative estimate of drug-likeness (QED) is 0.394. The summed E-state index contributed by atoms with van der Waals surface area (Å²) in [5.74, 6) is 0. The molecule has 0 heterocycles. The Morgan fingerprint density at radius 2 is 1.11 bits per heavy atom. The lowest BCUT2D eigenvalue weighted by molar-refractivity contribution is 0.0706. The molecule has 4 nitrogen and oxygen atoms in total. The Balaban J connectivity index is 3.89. The van der Waals surface area contributed by atoms with Crippen LogP contribution >= 0.6 is 0 Å². The number of hydrogen-bond acceptors (Lipinski definition) is 4. The maximum Gasteiger partial charge on any atom is 0.500 e. The Bertz CT molecular complexity index is 177. The first kappa shape index (κ1) is 19.1. The van der Waals surface area contributed by atoms with Gasteiger partial charge in [-0.25, -0.2) is 0 Å². The lowest BCUT2D eigenvalue weighted by Crippen LogP contribution is -2.45. The number of hydrogen-bond donors (Lipinski definition) is 1. The lowest BCUT2D eigenvalue weighted by Gasteiger charge is -2.28. The molecule has 0 aromatic rings. The second-order valence-electron chi connectivity index (χ2n) is 4.64. The molecule has 0 aliphatic carbocycles. The molecule has 0 bridgehead atoms. The van der Waals surface area contributed by atoms with Crippen molar-refractivity contribution in [3.8, 4) is 0 Å². The van der Waals surface area contributed by atoms with Crippen molar-refractivity contribution in [1.82, 2.24) is 0 Å². The van der Waals surface area contributed by atoms with E-state index >= 15 is 0 Å². The molecule has 0 amide bonds. The highest BCUT2D eigenvalue weighted by Gasteiger charge is 2.39. The average molecular weight is 292 g/mol. The molecule has 0 atom stereocenters. The van der Waals surface area contributed by atoms with Gasteiger partial charge in [-0.1, -0.05) is 25.7 Å². The second kappa shape index (κ2) is 13.1. The Morgan fingerprint density at radius 3 is 1.53 bits per heavy atom. The molecular weight excluding hydrogens is 258 g/mol. The maximum absolute atomic E-state index is 5.83. The largest absolute Gasteiger partial charge is 0.500 e. The molecule has 0 aromatic carbocycles. The van der Waals surface area contributed by atoms with Crippen LogP contribution < -0.4 is 5.73 Å². The van der Waals surface area contributed by atoms with E-state index < -0.39 is 8.80 Å². The van der Waals surface area contributed by atoms with Crippen LogP contribution in [0.25, 0.3) is 0 Å². The highest BCUT2D eigenvalue weighted by molar-refractivity contribution is 6.60. The van der Waals surface area contributed by atoms with Crippen molar-refractivity contribution in [2.45, 2.75) is 65.3 Å². The molecule has 0 fully saturated rings. The van der Waals surface area contributed by atoms with Gasteiger partial charge in [0.25, 0.3) is 0 Å². The smallest absolute Gasteiger partial charge is 0.374 e. The van der Waals surface area contributed by atoms with Crippen LogP contribution in [0.3, 0.4) is 0 Å². The summed E-state index contributed by atoms with van der Waals surface area (Å²) in [6.07, 6.45) is 7.32. The molecule has 0 unspecified atom stereocenters. The van der Waals surface area contributed by atoms with Crippen LogP contribution in [0, 0.1) is 0 Å². The van der Waals surface area contributed by atoms with E-state index in [1.807, 2.05) is 20.8 Å². The normalized spacial score (nSPS) is 12.0. The minimum atomic E-state index is -2.39. The molecule has 0 saturated carbocycles. The van der Waals surface area contributed by atoms with Crippen LogP contribution in [0.2, 0.25) is 6.04 Å². The lowest BCUT2D eigenvalue weighted by atomic mass is 10.1. The molecule has 0 aliphatic rings. The monoisotopic (exact) mass is 291 g/mol. The zero-order chi connectivity index (χ0) is 14.4. The molecule has 0 rings (SSSR count). The number of nitrogens with two attached hydrogens (primary N) is 1. The molecule has 0 aliphatic heterocycles. The first-order valence-electron chi connectivity index (χ1n) is 7.86. The number of rotatable bonds is 14. The third kappa shape index (κ3) is 9.57. The van der Waals surface area contributed by atoms with Crippen LogP contribution in [0.5, 0.6) is 0 Å². The zero-order valence-corrected chi connectivity index (χ0v) is 14.1. The van der Waals surface area contributed by atoms with Crippen LogP contribution in [0.4, 0.5) is 0 Å². The van der Waals surface area contributed by atoms with Crippen molar-refractivity contribution in [2.75, 3.05) is 26.4 Å². The Hall–Kier alpha value is 0.0569. The molecule has 0 aromatic heterocycles. The van der Waals surface area contributed by atoms with Crippen molar-refractivity contribution in [3.05, 3.63) is 0 Å². The fourth-order valence-electron chi connectivity index (χ4n) is 2.19. The van der Waals surface area contributed by atoms with Gasteiger partial charge in [-0.2, -0.15) is 0 Å². The van der Waals surface area contributed by atoms with E-state index in [1.165, 1.54) is 25.7 Å². The summed E-state index contributed by atoms with van der Waals surface area (Å²) in [5.41, 5.74) is 5.48. The molecule has 0 saturated heterocycles. The van der Waals surface area contributed by atoms with E-state index in [1.54, 1.807) is 0 Å². The zero-order valence-electron chi connectivity index (χ0n) is 13.1. The van der Waals surface area contributed by atoms with Gasteiger partial charge in [0.2, 0.25) is 0 Å². The molecule has 0 spiro atoms. The van der Waals surface area contributed by atoms with Crippen molar-refractivity contribution in [2.24, 2.45) is 5.73 Å². The second-order valence-corrected chi connectivity index (χ2v) is 7.37. The highest BCUT2D eigenvalue weighted by Crippen LogP contribution is 2.20. The van der Waals surface area contributed by atoms with Gasteiger partial charge >= 0.3 is 8.80 Å². The minimum Gasteiger partial charge on any atom is -0.374 e. The van der Waals surface area contributed by atoms with Crippen LogP contribution in [-0.2, 0) is 13.3 Å². The first-order valence-corrected chi connectivity index (χ1v) is 9.79. The predicted molar refractivity (Wildman–Crippen MR) is 82.2 cm³/mol.